The number of fused-ring (bicyclic) bond motifs is 1. The number of hydrogen-bond donors (Lipinski definition) is 1. The number of nitrogens with two attached hydrogens (primary N) is 1. The number of benzene rings is 1. The predicted molar refractivity (Wildman–Crippen MR) is 105 cm³/mol. The molecule has 1 atom stereocenters. The molecule has 3 heterocycles. The Morgan fingerprint density at radius 3 is 2.71 bits per heavy atom. The summed E-state index contributed by atoms with van der Waals surface area (Å²) in [5, 5.41) is 0. The number of pyridine rings is 1. The molecule has 2 aromatic rings. The van der Waals surface area contributed by atoms with Crippen molar-refractivity contribution >= 4 is 30.0 Å². The molecular weight excluding hydrogens is 358 g/mol. The third-order valence-corrected chi connectivity index (χ3v) is 4.98. The second kappa shape index (κ2) is 7.77. The molecule has 1 aromatic carbocycles. The second-order valence-electron chi connectivity index (χ2n) is 6.74. The van der Waals surface area contributed by atoms with Crippen LogP contribution in [0.2, 0.25) is 0 Å². The molecule has 28 heavy (non-hydrogen) atoms. The van der Waals surface area contributed by atoms with Gasteiger partial charge in [0, 0.05) is 30.4 Å². The lowest BCUT2D eigenvalue weighted by atomic mass is 9.97. The maximum Gasteiger partial charge on any atom is 0.242 e. The highest BCUT2D eigenvalue weighted by molar-refractivity contribution is 5.85. The third kappa shape index (κ3) is 3.59. The standard InChI is InChI=1S/C20H21N5O3/c21-19-4-2-15(10-22-19)14-1-3-17-16(9-14)18(12-26)25(13-23-17)11-20(27)24-5-7-28-8-6-24/h1-4,9-10,12-13,18H,5-8,11H2,(H2,21,22). The van der Waals surface area contributed by atoms with Crippen molar-refractivity contribution in [3.05, 3.63) is 42.1 Å². The Labute approximate surface area is 162 Å². The lowest BCUT2D eigenvalue weighted by molar-refractivity contribution is -0.136. The first kappa shape index (κ1) is 18.1. The van der Waals surface area contributed by atoms with Crippen molar-refractivity contribution in [1.82, 2.24) is 14.8 Å². The smallest absolute Gasteiger partial charge is 0.242 e. The van der Waals surface area contributed by atoms with Crippen LogP contribution in [0.15, 0.2) is 41.5 Å². The van der Waals surface area contributed by atoms with Gasteiger partial charge in [0.15, 0.2) is 0 Å². The molecule has 8 heteroatoms. The molecule has 0 bridgehead atoms. The van der Waals surface area contributed by atoms with Gasteiger partial charge in [-0.3, -0.25) is 4.79 Å². The van der Waals surface area contributed by atoms with Crippen LogP contribution in [0.5, 0.6) is 0 Å². The van der Waals surface area contributed by atoms with Crippen molar-refractivity contribution in [3.63, 3.8) is 0 Å². The molecule has 0 saturated carbocycles. The van der Waals surface area contributed by atoms with Crippen molar-refractivity contribution in [2.75, 3.05) is 38.6 Å². The minimum atomic E-state index is -0.570. The van der Waals surface area contributed by atoms with Gasteiger partial charge in [0.05, 0.1) is 31.8 Å². The minimum absolute atomic E-state index is 0.0380. The summed E-state index contributed by atoms with van der Waals surface area (Å²) in [4.78, 5) is 36.5. The van der Waals surface area contributed by atoms with E-state index in [9.17, 15) is 9.59 Å². The number of aldehydes is 1. The Bertz CT molecular complexity index is 907. The van der Waals surface area contributed by atoms with Crippen molar-refractivity contribution in [3.8, 4) is 11.1 Å². The van der Waals surface area contributed by atoms with Crippen molar-refractivity contribution in [2.24, 2.45) is 4.99 Å². The number of carbonyl (C=O) groups is 2. The van der Waals surface area contributed by atoms with Crippen LogP contribution < -0.4 is 5.73 Å². The first-order valence-electron chi connectivity index (χ1n) is 9.12. The van der Waals surface area contributed by atoms with Crippen molar-refractivity contribution in [1.29, 1.82) is 0 Å². The first-order chi connectivity index (χ1) is 13.7. The van der Waals surface area contributed by atoms with Gasteiger partial charge < -0.3 is 25.1 Å². The average molecular weight is 379 g/mol. The molecule has 1 saturated heterocycles. The van der Waals surface area contributed by atoms with E-state index in [4.69, 9.17) is 10.5 Å². The van der Waals surface area contributed by atoms with Crippen molar-refractivity contribution in [2.45, 2.75) is 6.04 Å². The number of carbonyl (C=O) groups excluding carboxylic acids is 2. The minimum Gasteiger partial charge on any atom is -0.384 e. The highest BCUT2D eigenvalue weighted by atomic mass is 16.5. The Hall–Kier alpha value is -3.26. The van der Waals surface area contributed by atoms with Crippen LogP contribution >= 0.6 is 0 Å². The average Bonchev–Trinajstić information content (AvgIpc) is 2.74. The maximum atomic E-state index is 12.6. The summed E-state index contributed by atoms with van der Waals surface area (Å²) in [5.41, 5.74) is 8.95. The molecule has 144 valence electrons. The number of nitrogens with zero attached hydrogens (tertiary/aromatic N) is 4. The van der Waals surface area contributed by atoms with Crippen LogP contribution in [0, 0.1) is 0 Å². The Morgan fingerprint density at radius 2 is 2.00 bits per heavy atom. The lowest BCUT2D eigenvalue weighted by Crippen LogP contribution is -2.46. The molecule has 0 aliphatic carbocycles. The van der Waals surface area contributed by atoms with Gasteiger partial charge in [0.1, 0.15) is 18.1 Å². The summed E-state index contributed by atoms with van der Waals surface area (Å²) in [5.74, 6) is 0.411. The highest BCUT2D eigenvalue weighted by Gasteiger charge is 2.28. The normalized spacial score (nSPS) is 18.6. The van der Waals surface area contributed by atoms with Crippen LogP contribution in [-0.2, 0) is 14.3 Å². The Morgan fingerprint density at radius 1 is 1.21 bits per heavy atom. The van der Waals surface area contributed by atoms with Gasteiger partial charge in [-0.1, -0.05) is 6.07 Å². The monoisotopic (exact) mass is 379 g/mol. The number of amides is 1. The quantitative estimate of drug-likeness (QED) is 0.806. The number of nitrogen functional groups attached to an aromatic ring is 1. The third-order valence-electron chi connectivity index (χ3n) is 4.98. The van der Waals surface area contributed by atoms with E-state index >= 15 is 0 Å². The maximum absolute atomic E-state index is 12.6. The SMILES string of the molecule is Nc1ccc(-c2ccc3c(c2)C(C=O)N(CC(=O)N2CCOCC2)C=N3)cn1. The summed E-state index contributed by atoms with van der Waals surface area (Å²) in [6.07, 6.45) is 4.12. The van der Waals surface area contributed by atoms with E-state index < -0.39 is 6.04 Å². The topological polar surface area (TPSA) is 101 Å². The molecule has 0 spiro atoms. The van der Waals surface area contributed by atoms with E-state index in [1.807, 2.05) is 24.3 Å². The Kier molecular flexibility index (Phi) is 5.03. The summed E-state index contributed by atoms with van der Waals surface area (Å²) >= 11 is 0. The molecule has 1 amide bonds. The molecule has 2 aliphatic heterocycles. The zero-order valence-corrected chi connectivity index (χ0v) is 15.3. The molecule has 0 radical (unpaired) electrons. The number of aromatic nitrogens is 1. The number of aliphatic imine (C=N–C) groups is 1. The largest absolute Gasteiger partial charge is 0.384 e. The first-order valence-corrected chi connectivity index (χ1v) is 9.12. The predicted octanol–water partition coefficient (Wildman–Crippen LogP) is 1.40. The zero-order valence-electron chi connectivity index (χ0n) is 15.3. The Balaban J connectivity index is 1.58. The summed E-state index contributed by atoms with van der Waals surface area (Å²) in [7, 11) is 0. The van der Waals surface area contributed by atoms with E-state index in [2.05, 4.69) is 9.98 Å². The number of morpholine rings is 1. The lowest BCUT2D eigenvalue weighted by Gasteiger charge is -2.33. The van der Waals surface area contributed by atoms with Crippen LogP contribution in [0.25, 0.3) is 11.1 Å². The molecule has 4 rings (SSSR count). The van der Waals surface area contributed by atoms with Crippen molar-refractivity contribution < 1.29 is 14.3 Å². The van der Waals surface area contributed by atoms with Gasteiger partial charge in [-0.05, 0) is 29.8 Å². The zero-order chi connectivity index (χ0) is 19.5. The van der Waals surface area contributed by atoms with Gasteiger partial charge in [0.25, 0.3) is 0 Å². The highest BCUT2D eigenvalue weighted by Crippen LogP contribution is 2.35. The molecule has 1 unspecified atom stereocenters. The van der Waals surface area contributed by atoms with Crippen LogP contribution in [0.4, 0.5) is 11.5 Å². The van der Waals surface area contributed by atoms with E-state index in [0.717, 1.165) is 28.7 Å². The van der Waals surface area contributed by atoms with Gasteiger partial charge in [-0.15, -0.1) is 0 Å². The van der Waals surface area contributed by atoms with Gasteiger partial charge in [0.2, 0.25) is 5.91 Å². The van der Waals surface area contributed by atoms with E-state index in [0.29, 0.717) is 32.1 Å². The van der Waals surface area contributed by atoms with Gasteiger partial charge in [-0.2, -0.15) is 0 Å². The summed E-state index contributed by atoms with van der Waals surface area (Å²) in [6, 6.07) is 8.77. The summed E-state index contributed by atoms with van der Waals surface area (Å²) in [6.45, 7) is 2.32. The number of rotatable bonds is 4. The number of anilines is 1. The van der Waals surface area contributed by atoms with Crippen LogP contribution in [0.1, 0.15) is 11.6 Å². The van der Waals surface area contributed by atoms with E-state index in [1.165, 1.54) is 0 Å². The fraction of sp³-hybridized carbons (Fsp3) is 0.300. The fourth-order valence-electron chi connectivity index (χ4n) is 3.41. The van der Waals surface area contributed by atoms with Gasteiger partial charge >= 0.3 is 0 Å². The van der Waals surface area contributed by atoms with Crippen LogP contribution in [-0.4, -0.2) is 66.2 Å². The number of ether oxygens (including phenoxy) is 1. The van der Waals surface area contributed by atoms with E-state index in [1.54, 1.807) is 28.4 Å². The van der Waals surface area contributed by atoms with Crippen LogP contribution in [0.3, 0.4) is 0 Å². The summed E-state index contributed by atoms with van der Waals surface area (Å²) < 4.78 is 5.29. The van der Waals surface area contributed by atoms with Gasteiger partial charge in [-0.25, -0.2) is 9.98 Å². The molecule has 8 nitrogen and oxygen atoms in total. The number of hydrogen-bond acceptors (Lipinski definition) is 7. The molecule has 2 aliphatic rings. The second-order valence-corrected chi connectivity index (χ2v) is 6.74. The molecular formula is C20H21N5O3. The molecule has 1 fully saturated rings. The molecule has 2 N–H and O–H groups in total. The fourth-order valence-corrected chi connectivity index (χ4v) is 3.41. The van der Waals surface area contributed by atoms with E-state index in [-0.39, 0.29) is 12.5 Å². The molecule has 1 aromatic heterocycles.